The molecule has 53 heavy (non-hydrogen) atoms. The maximum Gasteiger partial charge on any atom is 0.338 e. The van der Waals surface area contributed by atoms with E-state index in [-0.39, 0.29) is 36.1 Å². The van der Waals surface area contributed by atoms with E-state index < -0.39 is 23.8 Å². The second-order valence-electron chi connectivity index (χ2n) is 12.0. The Morgan fingerprint density at radius 3 is 1.85 bits per heavy atom. The van der Waals surface area contributed by atoms with Crippen LogP contribution in [0, 0.1) is 13.8 Å². The second-order valence-corrected chi connectivity index (χ2v) is 12.0. The molecule has 0 saturated heterocycles. The summed E-state index contributed by atoms with van der Waals surface area (Å²) in [5.41, 5.74) is 4.23. The number of imidazole rings is 2. The van der Waals surface area contributed by atoms with Crippen molar-refractivity contribution in [3.8, 4) is 5.75 Å². The third kappa shape index (κ3) is 7.08. The van der Waals surface area contributed by atoms with Crippen LogP contribution in [0.15, 0.2) is 54.6 Å². The smallest absolute Gasteiger partial charge is 0.338 e. The van der Waals surface area contributed by atoms with Crippen LogP contribution in [0.2, 0.25) is 0 Å². The number of carbonyl (C=O) groups is 4. The summed E-state index contributed by atoms with van der Waals surface area (Å²) in [6, 6.07) is 11.0. The number of benzene rings is 2. The molecule has 2 amide bonds. The molecule has 274 valence electrons. The molecule has 0 saturated carbocycles. The number of anilines is 2. The van der Waals surface area contributed by atoms with E-state index >= 15 is 0 Å². The van der Waals surface area contributed by atoms with Crippen LogP contribution in [0.25, 0.3) is 22.1 Å². The lowest BCUT2D eigenvalue weighted by Crippen LogP contribution is -2.20. The second kappa shape index (κ2) is 14.8. The summed E-state index contributed by atoms with van der Waals surface area (Å²) in [7, 11) is 2.74. The number of carboxylic acid groups (broad SMARTS) is 1. The normalized spacial score (nSPS) is 11.4. The maximum absolute atomic E-state index is 13.5. The molecule has 0 spiro atoms. The molecule has 0 radical (unpaired) electrons. The lowest BCUT2D eigenvalue weighted by Gasteiger charge is -2.12. The van der Waals surface area contributed by atoms with E-state index in [1.807, 2.05) is 26.0 Å². The van der Waals surface area contributed by atoms with Gasteiger partial charge in [-0.1, -0.05) is 12.2 Å². The standard InChI is InChI=1S/C36H38N10O7/c1-7-45-27(15-20(3)41-45)31(47)39-35-37-24-17-22(33(49)50)11-12-26(24)43(35)13-9-10-14-44-30-25(18-23(34(51)53-6)19-29(30)52-5)38-36(44)40-32(48)28-16-21(4)42-46(28)8-2/h9-12,15-19H,7-8,13-14H2,1-6H3,(H,49,50)(H,37,39,47)(H,38,40,48). The van der Waals surface area contributed by atoms with E-state index in [9.17, 15) is 24.3 Å². The lowest BCUT2D eigenvalue weighted by molar-refractivity contribution is 0.0599. The van der Waals surface area contributed by atoms with Crippen molar-refractivity contribution in [1.29, 1.82) is 0 Å². The third-order valence-corrected chi connectivity index (χ3v) is 8.50. The van der Waals surface area contributed by atoms with Crippen molar-refractivity contribution in [3.05, 3.63) is 88.5 Å². The van der Waals surface area contributed by atoms with Crippen LogP contribution >= 0.6 is 0 Å². The molecule has 6 aromatic rings. The highest BCUT2D eigenvalue weighted by molar-refractivity contribution is 6.04. The van der Waals surface area contributed by atoms with Crippen molar-refractivity contribution in [3.63, 3.8) is 0 Å². The van der Waals surface area contributed by atoms with Crippen LogP contribution in [0.1, 0.15) is 66.9 Å². The van der Waals surface area contributed by atoms with Crippen molar-refractivity contribution in [2.45, 2.75) is 53.9 Å². The number of methoxy groups -OCH3 is 2. The average Bonchev–Trinajstić information content (AvgIpc) is 3.91. The fourth-order valence-electron chi connectivity index (χ4n) is 6.07. The number of fused-ring (bicyclic) bond motifs is 2. The number of hydrogen-bond acceptors (Lipinski definition) is 10. The predicted octanol–water partition coefficient (Wildman–Crippen LogP) is 4.69. The van der Waals surface area contributed by atoms with E-state index in [1.54, 1.807) is 62.7 Å². The highest BCUT2D eigenvalue weighted by Gasteiger charge is 2.23. The number of rotatable bonds is 13. The number of esters is 1. The van der Waals surface area contributed by atoms with Gasteiger partial charge in [0.1, 0.15) is 22.7 Å². The molecular weight excluding hydrogens is 684 g/mol. The Balaban J connectivity index is 1.36. The molecule has 0 fully saturated rings. The minimum atomic E-state index is -1.10. The van der Waals surface area contributed by atoms with Gasteiger partial charge in [0, 0.05) is 26.2 Å². The monoisotopic (exact) mass is 722 g/mol. The van der Waals surface area contributed by atoms with E-state index in [0.29, 0.717) is 63.7 Å². The van der Waals surface area contributed by atoms with Gasteiger partial charge in [-0.25, -0.2) is 19.6 Å². The number of nitrogens with zero attached hydrogens (tertiary/aromatic N) is 8. The van der Waals surface area contributed by atoms with Gasteiger partial charge in [-0.2, -0.15) is 10.2 Å². The van der Waals surface area contributed by atoms with Crippen LogP contribution in [0.3, 0.4) is 0 Å². The Bertz CT molecular complexity index is 2430. The number of carboxylic acids is 1. The molecule has 0 aliphatic heterocycles. The fraction of sp³-hybridized carbons (Fsp3) is 0.278. The zero-order valence-corrected chi connectivity index (χ0v) is 30.0. The number of aromatic nitrogens is 8. The number of hydrogen-bond donors (Lipinski definition) is 3. The average molecular weight is 723 g/mol. The van der Waals surface area contributed by atoms with Crippen LogP contribution in [0.5, 0.6) is 5.75 Å². The van der Waals surface area contributed by atoms with Gasteiger partial charge >= 0.3 is 11.9 Å². The Morgan fingerprint density at radius 1 is 0.755 bits per heavy atom. The number of carbonyl (C=O) groups excluding carboxylic acids is 3. The first kappa shape index (κ1) is 36.0. The molecule has 2 aromatic carbocycles. The fourth-order valence-corrected chi connectivity index (χ4v) is 6.07. The first-order valence-electron chi connectivity index (χ1n) is 16.7. The van der Waals surface area contributed by atoms with Gasteiger partial charge < -0.3 is 23.7 Å². The summed E-state index contributed by atoms with van der Waals surface area (Å²) < 4.78 is 17.3. The minimum Gasteiger partial charge on any atom is -0.494 e. The highest BCUT2D eigenvalue weighted by atomic mass is 16.5. The van der Waals surface area contributed by atoms with Crippen molar-refractivity contribution in [1.82, 2.24) is 38.7 Å². The number of ether oxygens (including phenoxy) is 2. The van der Waals surface area contributed by atoms with E-state index in [2.05, 4.69) is 30.8 Å². The van der Waals surface area contributed by atoms with E-state index in [1.165, 1.54) is 26.4 Å². The van der Waals surface area contributed by atoms with Crippen LogP contribution in [-0.2, 0) is 30.9 Å². The zero-order chi connectivity index (χ0) is 38.0. The van der Waals surface area contributed by atoms with Gasteiger partial charge in [0.2, 0.25) is 11.9 Å². The Kier molecular flexibility index (Phi) is 10.1. The van der Waals surface area contributed by atoms with Crippen molar-refractivity contribution in [2.24, 2.45) is 0 Å². The molecule has 0 aliphatic rings. The summed E-state index contributed by atoms with van der Waals surface area (Å²) >= 11 is 0. The Morgan fingerprint density at radius 2 is 1.30 bits per heavy atom. The summed E-state index contributed by atoms with van der Waals surface area (Å²) in [6.07, 6.45) is 3.67. The van der Waals surface area contributed by atoms with Crippen molar-refractivity contribution < 1.29 is 33.8 Å². The molecule has 4 aromatic heterocycles. The quantitative estimate of drug-likeness (QED) is 0.110. The molecule has 0 unspecified atom stereocenters. The molecular formula is C36H38N10O7. The summed E-state index contributed by atoms with van der Waals surface area (Å²) in [5.74, 6) is -1.79. The highest BCUT2D eigenvalue weighted by Crippen LogP contribution is 2.31. The molecule has 17 heteroatoms. The van der Waals surface area contributed by atoms with Gasteiger partial charge in [0.15, 0.2) is 0 Å². The Labute approximate surface area is 302 Å². The molecule has 0 aliphatic carbocycles. The van der Waals surface area contributed by atoms with Gasteiger partial charge in [-0.3, -0.25) is 29.6 Å². The predicted molar refractivity (Wildman–Crippen MR) is 195 cm³/mol. The molecule has 4 heterocycles. The largest absolute Gasteiger partial charge is 0.494 e. The third-order valence-electron chi connectivity index (χ3n) is 8.50. The molecule has 6 rings (SSSR count). The van der Waals surface area contributed by atoms with Crippen molar-refractivity contribution >= 4 is 57.7 Å². The number of aromatic carboxylic acids is 1. The number of allylic oxidation sites excluding steroid dienone is 2. The first-order chi connectivity index (χ1) is 25.5. The summed E-state index contributed by atoms with van der Waals surface area (Å²) in [5, 5.41) is 24.1. The van der Waals surface area contributed by atoms with Gasteiger partial charge in [0.25, 0.3) is 11.8 Å². The number of nitrogens with one attached hydrogen (secondary N) is 2. The maximum atomic E-state index is 13.5. The number of amides is 2. The topological polar surface area (TPSA) is 202 Å². The summed E-state index contributed by atoms with van der Waals surface area (Å²) in [4.78, 5) is 60.4. The van der Waals surface area contributed by atoms with E-state index in [0.717, 1.165) is 0 Å². The number of aryl methyl sites for hydroxylation is 4. The summed E-state index contributed by atoms with van der Waals surface area (Å²) in [6.45, 7) is 8.74. The molecule has 0 bridgehead atoms. The van der Waals surface area contributed by atoms with Gasteiger partial charge in [-0.05, 0) is 70.2 Å². The molecule has 3 N–H and O–H groups in total. The molecule has 17 nitrogen and oxygen atoms in total. The SMILES string of the molecule is CCn1nc(C)cc1C(=O)Nc1nc2cc(C(=O)O)ccc2n1CC=CCn1c(NC(=O)c2cc(C)nn2CC)nc2cc(C(=O)OC)cc(OC)c21. The first-order valence-corrected chi connectivity index (χ1v) is 16.7. The molecule has 0 atom stereocenters. The zero-order valence-electron chi connectivity index (χ0n) is 30.0. The van der Waals surface area contributed by atoms with Gasteiger partial charge in [0.05, 0.1) is 53.3 Å². The van der Waals surface area contributed by atoms with E-state index in [4.69, 9.17) is 9.47 Å². The van der Waals surface area contributed by atoms with Crippen LogP contribution < -0.4 is 15.4 Å². The van der Waals surface area contributed by atoms with Gasteiger partial charge in [-0.15, -0.1) is 0 Å². The van der Waals surface area contributed by atoms with Crippen LogP contribution in [0.4, 0.5) is 11.9 Å². The van der Waals surface area contributed by atoms with Crippen molar-refractivity contribution in [2.75, 3.05) is 24.9 Å². The van der Waals surface area contributed by atoms with Crippen LogP contribution in [-0.4, -0.2) is 81.7 Å². The Hall–Kier alpha value is -6.78. The minimum absolute atomic E-state index is 0.0540. The lowest BCUT2D eigenvalue weighted by atomic mass is 10.2.